The second kappa shape index (κ2) is 8.57. The van der Waals surface area contributed by atoms with Crippen LogP contribution in [0.3, 0.4) is 0 Å². The molecule has 1 amide bonds. The van der Waals surface area contributed by atoms with Crippen molar-refractivity contribution in [2.24, 2.45) is 0 Å². The molecule has 0 spiro atoms. The third kappa shape index (κ3) is 3.99. The zero-order chi connectivity index (χ0) is 22.0. The molecule has 3 aromatic rings. The van der Waals surface area contributed by atoms with Crippen LogP contribution in [0.2, 0.25) is 0 Å². The minimum Gasteiger partial charge on any atom is -0.478 e. The van der Waals surface area contributed by atoms with Crippen LogP contribution >= 0.6 is 11.8 Å². The van der Waals surface area contributed by atoms with Crippen LogP contribution in [0.1, 0.15) is 29.1 Å². The van der Waals surface area contributed by atoms with Gasteiger partial charge in [-0.1, -0.05) is 48.2 Å². The maximum atomic E-state index is 12.7. The number of hydrogen-bond donors (Lipinski definition) is 1. The third-order valence-corrected chi connectivity index (χ3v) is 5.46. The number of fused-ring (bicyclic) bond motifs is 3. The van der Waals surface area contributed by atoms with Crippen molar-refractivity contribution in [2.45, 2.75) is 18.3 Å². The van der Waals surface area contributed by atoms with E-state index < -0.39 is 12.2 Å². The zero-order valence-electron chi connectivity index (χ0n) is 16.6. The van der Waals surface area contributed by atoms with Gasteiger partial charge in [0.25, 0.3) is 0 Å². The summed E-state index contributed by atoms with van der Waals surface area (Å²) in [7, 11) is 0. The summed E-state index contributed by atoms with van der Waals surface area (Å²) < 4.78 is 6.23. The van der Waals surface area contributed by atoms with Gasteiger partial charge in [0.2, 0.25) is 23.2 Å². The van der Waals surface area contributed by atoms with Gasteiger partial charge in [-0.15, -0.1) is 16.8 Å². The summed E-state index contributed by atoms with van der Waals surface area (Å²) in [5.74, 6) is -0.434. The van der Waals surface area contributed by atoms with Crippen LogP contribution in [-0.4, -0.2) is 37.9 Å². The van der Waals surface area contributed by atoms with E-state index in [0.717, 1.165) is 0 Å². The van der Waals surface area contributed by atoms with Crippen LogP contribution in [-0.2, 0) is 4.79 Å². The molecule has 1 aromatic heterocycles. The highest BCUT2D eigenvalue weighted by molar-refractivity contribution is 7.99. The van der Waals surface area contributed by atoms with Crippen molar-refractivity contribution in [3.63, 3.8) is 0 Å². The van der Waals surface area contributed by atoms with Gasteiger partial charge < -0.3 is 9.84 Å². The van der Waals surface area contributed by atoms with Crippen molar-refractivity contribution >= 4 is 29.3 Å². The third-order valence-electron chi connectivity index (χ3n) is 4.62. The Kier molecular flexibility index (Phi) is 5.68. The first kappa shape index (κ1) is 20.5. The number of carbonyl (C=O) groups excluding carboxylic acids is 1. The Bertz CT molecular complexity index is 1170. The first-order valence-electron chi connectivity index (χ1n) is 9.37. The molecule has 2 aromatic carbocycles. The van der Waals surface area contributed by atoms with Crippen LogP contribution in [0.4, 0.5) is 5.69 Å². The van der Waals surface area contributed by atoms with Crippen molar-refractivity contribution < 1.29 is 19.4 Å². The van der Waals surface area contributed by atoms with Crippen LogP contribution in [0, 0.1) is 0 Å². The molecule has 8 nitrogen and oxygen atoms in total. The standard InChI is InChI=1S/C22H18N4O4S/c1-3-12-31-22-23-19-18(24-25-22)16-6-4-5-7-17(16)26(13(2)27)20(30-19)14-8-10-15(11-9-14)21(28)29/h3-11,20H,1,12H2,2H3,(H,28,29). The number of benzene rings is 2. The van der Waals surface area contributed by atoms with Crippen LogP contribution < -0.4 is 9.64 Å². The summed E-state index contributed by atoms with van der Waals surface area (Å²) in [6.07, 6.45) is 0.872. The van der Waals surface area contributed by atoms with Gasteiger partial charge in [0.1, 0.15) is 0 Å². The van der Waals surface area contributed by atoms with Crippen molar-refractivity contribution in [3.8, 4) is 17.1 Å². The molecule has 9 heteroatoms. The highest BCUT2D eigenvalue weighted by atomic mass is 32.2. The quantitative estimate of drug-likeness (QED) is 0.475. The Morgan fingerprint density at radius 3 is 2.61 bits per heavy atom. The molecular formula is C22H18N4O4S. The summed E-state index contributed by atoms with van der Waals surface area (Å²) in [5.41, 5.74) is 2.43. The van der Waals surface area contributed by atoms with Gasteiger partial charge >= 0.3 is 5.97 Å². The fraction of sp³-hybridized carbons (Fsp3) is 0.136. The second-order valence-corrected chi connectivity index (χ2v) is 7.64. The second-order valence-electron chi connectivity index (χ2n) is 6.65. The molecule has 31 heavy (non-hydrogen) atoms. The predicted octanol–water partition coefficient (Wildman–Crippen LogP) is 3.96. The maximum Gasteiger partial charge on any atom is 0.335 e. The summed E-state index contributed by atoms with van der Waals surface area (Å²) in [6, 6.07) is 13.5. The van der Waals surface area contributed by atoms with E-state index in [9.17, 15) is 14.7 Å². The number of aromatic carboxylic acids is 1. The smallest absolute Gasteiger partial charge is 0.335 e. The number of carboxylic acids is 1. The number of anilines is 1. The molecule has 1 aliphatic rings. The minimum absolute atomic E-state index is 0.139. The molecule has 156 valence electrons. The topological polar surface area (TPSA) is 106 Å². The molecular weight excluding hydrogens is 416 g/mol. The number of rotatable bonds is 5. The number of nitrogens with zero attached hydrogens (tertiary/aromatic N) is 4. The average molecular weight is 434 g/mol. The van der Waals surface area contributed by atoms with Gasteiger partial charge in [-0.3, -0.25) is 9.69 Å². The Morgan fingerprint density at radius 1 is 1.19 bits per heavy atom. The van der Waals surface area contributed by atoms with Crippen LogP contribution in [0.25, 0.3) is 11.3 Å². The zero-order valence-corrected chi connectivity index (χ0v) is 17.4. The van der Waals surface area contributed by atoms with E-state index >= 15 is 0 Å². The number of amides is 1. The lowest BCUT2D eigenvalue weighted by Crippen LogP contribution is -2.36. The number of carbonyl (C=O) groups is 2. The molecule has 0 fully saturated rings. The highest BCUT2D eigenvalue weighted by Gasteiger charge is 2.34. The number of carboxylic acid groups (broad SMARTS) is 1. The molecule has 1 N–H and O–H groups in total. The van der Waals surface area contributed by atoms with Gasteiger partial charge in [0.15, 0.2) is 5.69 Å². The van der Waals surface area contributed by atoms with E-state index in [4.69, 9.17) is 4.74 Å². The molecule has 1 aliphatic heterocycles. The van der Waals surface area contributed by atoms with Gasteiger partial charge in [-0.05, 0) is 18.2 Å². The minimum atomic E-state index is -1.03. The summed E-state index contributed by atoms with van der Waals surface area (Å²) in [6.45, 7) is 5.14. The maximum absolute atomic E-state index is 12.7. The summed E-state index contributed by atoms with van der Waals surface area (Å²) in [5, 5.41) is 18.1. The molecule has 1 atom stereocenters. The highest BCUT2D eigenvalue weighted by Crippen LogP contribution is 2.43. The molecule has 2 heterocycles. The van der Waals surface area contributed by atoms with Crippen molar-refractivity contribution in [3.05, 3.63) is 72.3 Å². The van der Waals surface area contributed by atoms with E-state index in [1.807, 2.05) is 18.2 Å². The number of ether oxygens (including phenoxy) is 1. The van der Waals surface area contributed by atoms with Gasteiger partial charge in [-0.2, -0.15) is 4.98 Å². The average Bonchev–Trinajstić information content (AvgIpc) is 2.92. The molecule has 4 rings (SSSR count). The Balaban J connectivity index is 1.88. The van der Waals surface area contributed by atoms with Gasteiger partial charge in [0, 0.05) is 23.8 Å². The number of hydrogen-bond acceptors (Lipinski definition) is 7. The fourth-order valence-corrected chi connectivity index (χ4v) is 3.77. The molecule has 0 saturated carbocycles. The lowest BCUT2D eigenvalue weighted by Gasteiger charge is -2.29. The number of aromatic nitrogens is 3. The fourth-order valence-electron chi connectivity index (χ4n) is 3.25. The van der Waals surface area contributed by atoms with E-state index in [1.54, 1.807) is 24.3 Å². The Morgan fingerprint density at radius 2 is 1.94 bits per heavy atom. The first-order valence-corrected chi connectivity index (χ1v) is 10.4. The van der Waals surface area contributed by atoms with Gasteiger partial charge in [0.05, 0.1) is 11.3 Å². The monoisotopic (exact) mass is 434 g/mol. The Hall–Kier alpha value is -3.72. The van der Waals surface area contributed by atoms with E-state index in [2.05, 4.69) is 21.8 Å². The number of thioether (sulfide) groups is 1. The normalized spacial score (nSPS) is 14.6. The van der Waals surface area contributed by atoms with Crippen LogP contribution in [0.15, 0.2) is 66.3 Å². The van der Waals surface area contributed by atoms with Crippen molar-refractivity contribution in [1.29, 1.82) is 0 Å². The largest absolute Gasteiger partial charge is 0.478 e. The lowest BCUT2D eigenvalue weighted by atomic mass is 10.1. The van der Waals surface area contributed by atoms with E-state index in [-0.39, 0.29) is 17.4 Å². The molecule has 1 unspecified atom stereocenters. The molecule has 0 bridgehead atoms. The van der Waals surface area contributed by atoms with E-state index in [1.165, 1.54) is 35.7 Å². The van der Waals surface area contributed by atoms with Crippen molar-refractivity contribution in [2.75, 3.05) is 10.7 Å². The number of para-hydroxylation sites is 1. The predicted molar refractivity (Wildman–Crippen MR) is 116 cm³/mol. The molecule has 0 aliphatic carbocycles. The van der Waals surface area contributed by atoms with Crippen molar-refractivity contribution in [1.82, 2.24) is 15.2 Å². The van der Waals surface area contributed by atoms with Gasteiger partial charge in [-0.25, -0.2) is 4.79 Å². The van der Waals surface area contributed by atoms with Crippen LogP contribution in [0.5, 0.6) is 5.88 Å². The summed E-state index contributed by atoms with van der Waals surface area (Å²) >= 11 is 1.36. The summed E-state index contributed by atoms with van der Waals surface area (Å²) in [4.78, 5) is 30.0. The Labute approximate surface area is 182 Å². The first-order chi connectivity index (χ1) is 15.0. The van der Waals surface area contributed by atoms with E-state index in [0.29, 0.717) is 33.4 Å². The molecule has 0 radical (unpaired) electrons. The molecule has 0 saturated heterocycles. The SMILES string of the molecule is C=CCSc1nnc2c(n1)OC(c1ccc(C(=O)O)cc1)N(C(C)=O)c1ccccc1-2. The lowest BCUT2D eigenvalue weighted by molar-refractivity contribution is -0.118.